The van der Waals surface area contributed by atoms with E-state index >= 15 is 0 Å². The second kappa shape index (κ2) is 24.6. The molecule has 0 aromatic heterocycles. The Kier molecular flexibility index (Phi) is 24.0. The van der Waals surface area contributed by atoms with E-state index in [0.29, 0.717) is 0 Å². The molecule has 0 aliphatic carbocycles. The van der Waals surface area contributed by atoms with Crippen LogP contribution in [0, 0.1) is 0 Å². The van der Waals surface area contributed by atoms with Gasteiger partial charge in [-0.1, -0.05) is 163 Å². The standard InChI is InChI=1S/C20H35.C15H25.Fe/c1-4-7-10-13-18-16-17-19(14-11-8-5-2)20(18)15-12-9-6-3;1-3-5-7-9-14-11-12-15(13-14)10-8-6-4-2;/h16-17H,4-15H2,1-3H3;11-13H,3-10H2,1-2H3;/q2*-1;+2. The monoisotopic (exact) mass is 536 g/mol. The average molecular weight is 537 g/mol. The van der Waals surface area contributed by atoms with Gasteiger partial charge in [0.2, 0.25) is 0 Å². The molecule has 0 fully saturated rings. The van der Waals surface area contributed by atoms with Crippen molar-refractivity contribution in [3.05, 3.63) is 58.1 Å². The number of hydrogen-bond donors (Lipinski definition) is 0. The molecule has 0 aliphatic heterocycles. The first-order valence-corrected chi connectivity index (χ1v) is 15.7. The molecule has 0 heterocycles. The molecule has 0 saturated carbocycles. The number of aryl methyl sites for hydroxylation is 4. The van der Waals surface area contributed by atoms with Crippen LogP contribution in [-0.4, -0.2) is 0 Å². The molecule has 2 aromatic carbocycles. The van der Waals surface area contributed by atoms with Crippen LogP contribution < -0.4 is 0 Å². The van der Waals surface area contributed by atoms with E-state index in [4.69, 9.17) is 0 Å². The van der Waals surface area contributed by atoms with Gasteiger partial charge < -0.3 is 0 Å². The Morgan fingerprint density at radius 3 is 1.67 bits per heavy atom. The molecule has 0 N–H and O–H groups in total. The molecule has 208 valence electrons. The molecule has 1 heteroatoms. The summed E-state index contributed by atoms with van der Waals surface area (Å²) >= 11 is 0. The first-order chi connectivity index (χ1) is 17.2. The second-order valence-corrected chi connectivity index (χ2v) is 10.8. The minimum Gasteiger partial charge on any atom is -0.210 e. The molecule has 2 rings (SSSR count). The van der Waals surface area contributed by atoms with Gasteiger partial charge in [0.1, 0.15) is 0 Å². The summed E-state index contributed by atoms with van der Waals surface area (Å²) in [5.41, 5.74) is 8.16. The van der Waals surface area contributed by atoms with Crippen LogP contribution in [0.5, 0.6) is 0 Å². The molecule has 2 aromatic rings. The molecular weight excluding hydrogens is 476 g/mol. The summed E-state index contributed by atoms with van der Waals surface area (Å²) in [6.45, 7) is 11.4. The second-order valence-electron chi connectivity index (χ2n) is 10.8. The molecule has 0 atom stereocenters. The van der Waals surface area contributed by atoms with E-state index in [1.54, 1.807) is 27.8 Å². The maximum atomic E-state index is 2.43. The van der Waals surface area contributed by atoms with Crippen LogP contribution >= 0.6 is 0 Å². The Balaban J connectivity index is 0.000000687. The van der Waals surface area contributed by atoms with Crippen LogP contribution in [-0.2, 0) is 49.2 Å². The molecule has 36 heavy (non-hydrogen) atoms. The van der Waals surface area contributed by atoms with Crippen molar-refractivity contribution >= 4 is 0 Å². The number of hydrogen-bond acceptors (Lipinski definition) is 0. The Morgan fingerprint density at radius 1 is 0.528 bits per heavy atom. The zero-order valence-electron chi connectivity index (χ0n) is 24.9. The smallest absolute Gasteiger partial charge is 0.210 e. The van der Waals surface area contributed by atoms with Gasteiger partial charge >= 0.3 is 17.1 Å². The summed E-state index contributed by atoms with van der Waals surface area (Å²) in [4.78, 5) is 0. The zero-order chi connectivity index (χ0) is 25.6. The Hall–Kier alpha value is -0.781. The predicted molar refractivity (Wildman–Crippen MR) is 160 cm³/mol. The van der Waals surface area contributed by atoms with Gasteiger partial charge in [0.05, 0.1) is 0 Å². The SMILES string of the molecule is CCCCCc1cc[c-](CCCCC)c1.CCCCCc1cc[c-](CCCCC)c1CCCCC.[Fe+2]. The van der Waals surface area contributed by atoms with Crippen molar-refractivity contribution in [3.8, 4) is 0 Å². The van der Waals surface area contributed by atoms with Crippen LogP contribution in [0.1, 0.15) is 159 Å². The van der Waals surface area contributed by atoms with Crippen molar-refractivity contribution < 1.29 is 17.1 Å². The first kappa shape index (κ1) is 35.2. The van der Waals surface area contributed by atoms with E-state index in [9.17, 15) is 0 Å². The van der Waals surface area contributed by atoms with Gasteiger partial charge in [-0.15, -0.1) is 0 Å². The van der Waals surface area contributed by atoms with Crippen molar-refractivity contribution in [1.82, 2.24) is 0 Å². The average Bonchev–Trinajstić information content (AvgIpc) is 3.47. The van der Waals surface area contributed by atoms with Crippen LogP contribution in [0.2, 0.25) is 0 Å². The molecule has 0 amide bonds. The third kappa shape index (κ3) is 16.1. The van der Waals surface area contributed by atoms with Gasteiger partial charge in [0.25, 0.3) is 0 Å². The molecule has 0 radical (unpaired) electrons. The van der Waals surface area contributed by atoms with E-state index in [0.717, 1.165) is 0 Å². The molecule has 0 spiro atoms. The van der Waals surface area contributed by atoms with Gasteiger partial charge in [-0.3, -0.25) is 0 Å². The Morgan fingerprint density at radius 2 is 1.06 bits per heavy atom. The number of unbranched alkanes of at least 4 members (excludes halogenated alkanes) is 10. The summed E-state index contributed by atoms with van der Waals surface area (Å²) in [6, 6.07) is 11.9. The minimum absolute atomic E-state index is 0. The van der Waals surface area contributed by atoms with Crippen LogP contribution in [0.3, 0.4) is 0 Å². The molecule has 0 saturated heterocycles. The third-order valence-electron chi connectivity index (χ3n) is 7.41. The molecular formula is C35H60Fe. The largest absolute Gasteiger partial charge is 2.00 e. The van der Waals surface area contributed by atoms with Crippen molar-refractivity contribution in [2.45, 2.75) is 163 Å². The zero-order valence-corrected chi connectivity index (χ0v) is 26.0. The van der Waals surface area contributed by atoms with Gasteiger partial charge in [-0.05, 0) is 0 Å². The fourth-order valence-electron chi connectivity index (χ4n) is 5.10. The Bertz CT molecular complexity index is 652. The van der Waals surface area contributed by atoms with Crippen molar-refractivity contribution in [3.63, 3.8) is 0 Å². The van der Waals surface area contributed by atoms with E-state index < -0.39 is 0 Å². The molecule has 0 unspecified atom stereocenters. The number of rotatable bonds is 20. The molecule has 0 bridgehead atoms. The predicted octanol–water partition coefficient (Wildman–Crippen LogP) is 11.5. The summed E-state index contributed by atoms with van der Waals surface area (Å²) in [6.07, 6.45) is 26.8. The first-order valence-electron chi connectivity index (χ1n) is 15.7. The van der Waals surface area contributed by atoms with E-state index in [-0.39, 0.29) is 17.1 Å². The van der Waals surface area contributed by atoms with Gasteiger partial charge in [0.15, 0.2) is 0 Å². The summed E-state index contributed by atoms with van der Waals surface area (Å²) < 4.78 is 0. The van der Waals surface area contributed by atoms with Crippen molar-refractivity contribution in [2.75, 3.05) is 0 Å². The third-order valence-corrected chi connectivity index (χ3v) is 7.41. The fraction of sp³-hybridized carbons (Fsp3) is 0.714. The normalized spacial score (nSPS) is 10.7. The van der Waals surface area contributed by atoms with Gasteiger partial charge in [-0.2, -0.15) is 46.0 Å². The van der Waals surface area contributed by atoms with Crippen molar-refractivity contribution in [2.24, 2.45) is 0 Å². The summed E-state index contributed by atoms with van der Waals surface area (Å²) in [5.74, 6) is 0. The fourth-order valence-corrected chi connectivity index (χ4v) is 5.10. The van der Waals surface area contributed by atoms with Crippen LogP contribution in [0.25, 0.3) is 0 Å². The van der Waals surface area contributed by atoms with Crippen molar-refractivity contribution in [1.29, 1.82) is 0 Å². The quantitative estimate of drug-likeness (QED) is 0.0897. The Labute approximate surface area is 237 Å². The maximum Gasteiger partial charge on any atom is 2.00 e. The minimum atomic E-state index is 0. The van der Waals surface area contributed by atoms with Gasteiger partial charge in [-0.25, -0.2) is 12.1 Å². The van der Waals surface area contributed by atoms with E-state index in [1.807, 2.05) is 0 Å². The molecule has 0 nitrogen and oxygen atoms in total. The van der Waals surface area contributed by atoms with E-state index in [1.165, 1.54) is 128 Å². The summed E-state index contributed by atoms with van der Waals surface area (Å²) in [5, 5.41) is 0. The van der Waals surface area contributed by atoms with Crippen LogP contribution in [0.15, 0.2) is 30.3 Å². The van der Waals surface area contributed by atoms with Crippen LogP contribution in [0.4, 0.5) is 0 Å². The van der Waals surface area contributed by atoms with Gasteiger partial charge in [0, 0.05) is 0 Å². The maximum absolute atomic E-state index is 2.43. The van der Waals surface area contributed by atoms with E-state index in [2.05, 4.69) is 65.0 Å². The summed E-state index contributed by atoms with van der Waals surface area (Å²) in [7, 11) is 0. The molecule has 0 aliphatic rings. The topological polar surface area (TPSA) is 0 Å².